The molecule has 11 heteroatoms. The van der Waals surface area contributed by atoms with E-state index in [-0.39, 0.29) is 30.5 Å². The highest BCUT2D eigenvalue weighted by molar-refractivity contribution is 7.18. The monoisotopic (exact) mass is 485 g/mol. The summed E-state index contributed by atoms with van der Waals surface area (Å²) in [6.07, 6.45) is 1.64. The number of halogens is 1. The molecular weight excluding hydrogens is 466 g/mol. The van der Waals surface area contributed by atoms with E-state index in [9.17, 15) is 19.2 Å². The van der Waals surface area contributed by atoms with E-state index in [1.165, 1.54) is 15.5 Å². The van der Waals surface area contributed by atoms with Crippen LogP contribution in [0.3, 0.4) is 0 Å². The number of nitrogens with two attached hydrogens (primary N) is 1. The quantitative estimate of drug-likeness (QED) is 0.509. The number of urea groups is 1. The Kier molecular flexibility index (Phi) is 6.47. The Hall–Kier alpha value is -3.63. The lowest BCUT2D eigenvalue weighted by molar-refractivity contribution is 0.0898. The molecule has 0 unspecified atom stereocenters. The average molecular weight is 486 g/mol. The Bertz CT molecular complexity index is 1260. The standard InChI is InChI=1S/C22H20ClN5O4S/c23-18-9-8-17(33-18)21(31)26-16-12-27(22(24)32)11-15(16)25-20(30)13-4-6-14(7-5-13)28-10-2-1-3-19(28)29/h1-10,15-16H,11-12H2,(H2,24,32)(H,25,30)(H,26,31)/t15-,16+/m0/s1. The van der Waals surface area contributed by atoms with Crippen molar-refractivity contribution in [1.82, 2.24) is 20.1 Å². The van der Waals surface area contributed by atoms with Crippen molar-refractivity contribution in [3.8, 4) is 5.69 Å². The van der Waals surface area contributed by atoms with Crippen LogP contribution in [0.1, 0.15) is 20.0 Å². The average Bonchev–Trinajstić information content (AvgIpc) is 3.41. The number of carbonyl (C=O) groups is 3. The predicted octanol–water partition coefficient (Wildman–Crippen LogP) is 1.84. The fourth-order valence-electron chi connectivity index (χ4n) is 3.62. The van der Waals surface area contributed by atoms with E-state index in [0.29, 0.717) is 20.5 Å². The maximum Gasteiger partial charge on any atom is 0.314 e. The summed E-state index contributed by atoms with van der Waals surface area (Å²) in [5.74, 6) is -0.725. The van der Waals surface area contributed by atoms with Crippen LogP contribution < -0.4 is 21.9 Å². The summed E-state index contributed by atoms with van der Waals surface area (Å²) in [6.45, 7) is 0.329. The number of benzene rings is 1. The van der Waals surface area contributed by atoms with E-state index in [1.807, 2.05) is 0 Å². The largest absolute Gasteiger partial charge is 0.351 e. The van der Waals surface area contributed by atoms with Gasteiger partial charge < -0.3 is 21.3 Å². The van der Waals surface area contributed by atoms with Crippen molar-refractivity contribution < 1.29 is 14.4 Å². The molecule has 4 N–H and O–H groups in total. The Balaban J connectivity index is 1.47. The smallest absolute Gasteiger partial charge is 0.314 e. The highest BCUT2D eigenvalue weighted by Gasteiger charge is 2.37. The molecule has 1 aromatic carbocycles. The minimum atomic E-state index is -0.636. The third-order valence-electron chi connectivity index (χ3n) is 5.29. The van der Waals surface area contributed by atoms with Crippen LogP contribution in [-0.2, 0) is 0 Å². The van der Waals surface area contributed by atoms with Crippen molar-refractivity contribution in [3.63, 3.8) is 0 Å². The third kappa shape index (κ3) is 5.07. The number of nitrogens with zero attached hydrogens (tertiary/aromatic N) is 2. The van der Waals surface area contributed by atoms with Gasteiger partial charge in [-0.25, -0.2) is 4.79 Å². The molecule has 2 atom stereocenters. The minimum Gasteiger partial charge on any atom is -0.351 e. The van der Waals surface area contributed by atoms with Crippen LogP contribution in [0.5, 0.6) is 0 Å². The lowest BCUT2D eigenvalue weighted by Gasteiger charge is -2.20. The first-order valence-electron chi connectivity index (χ1n) is 10.0. The maximum atomic E-state index is 12.9. The zero-order valence-electron chi connectivity index (χ0n) is 17.2. The minimum absolute atomic E-state index is 0.161. The van der Waals surface area contributed by atoms with Crippen LogP contribution in [0.4, 0.5) is 4.79 Å². The van der Waals surface area contributed by atoms with Gasteiger partial charge in [0.05, 0.1) is 21.3 Å². The highest BCUT2D eigenvalue weighted by atomic mass is 35.5. The van der Waals surface area contributed by atoms with Crippen LogP contribution in [-0.4, -0.2) is 52.5 Å². The molecule has 1 aliphatic rings. The van der Waals surface area contributed by atoms with E-state index in [0.717, 1.165) is 11.3 Å². The molecule has 4 rings (SSSR count). The molecule has 1 aliphatic heterocycles. The number of hydrogen-bond acceptors (Lipinski definition) is 5. The summed E-state index contributed by atoms with van der Waals surface area (Å²) in [4.78, 5) is 50.9. The number of nitrogens with one attached hydrogen (secondary N) is 2. The maximum absolute atomic E-state index is 12.9. The summed E-state index contributed by atoms with van der Waals surface area (Å²) in [5, 5.41) is 5.72. The molecule has 3 aromatic rings. The summed E-state index contributed by atoms with van der Waals surface area (Å²) in [7, 11) is 0. The van der Waals surface area contributed by atoms with E-state index >= 15 is 0 Å². The third-order valence-corrected chi connectivity index (χ3v) is 6.52. The molecule has 170 valence electrons. The molecule has 1 saturated heterocycles. The molecule has 3 heterocycles. The van der Waals surface area contributed by atoms with Crippen molar-refractivity contribution in [3.05, 3.63) is 85.9 Å². The SMILES string of the molecule is NC(=O)N1C[C@H](NC(=O)c2ccc(-n3ccccc3=O)cc2)[C@H](NC(=O)c2ccc(Cl)s2)C1. The Morgan fingerprint density at radius 3 is 2.18 bits per heavy atom. The molecule has 4 amide bonds. The van der Waals surface area contributed by atoms with Crippen molar-refractivity contribution in [2.45, 2.75) is 12.1 Å². The van der Waals surface area contributed by atoms with Gasteiger partial charge in [0.25, 0.3) is 17.4 Å². The van der Waals surface area contributed by atoms with Gasteiger partial charge in [-0.1, -0.05) is 17.7 Å². The molecule has 0 aliphatic carbocycles. The Morgan fingerprint density at radius 2 is 1.61 bits per heavy atom. The molecular formula is C22H20ClN5O4S. The number of amides is 4. The van der Waals surface area contributed by atoms with Crippen LogP contribution in [0, 0.1) is 0 Å². The second-order valence-corrected chi connectivity index (χ2v) is 9.18. The second-order valence-electron chi connectivity index (χ2n) is 7.46. The molecule has 9 nitrogen and oxygen atoms in total. The summed E-state index contributed by atoms with van der Waals surface area (Å²) < 4.78 is 1.95. The van der Waals surface area contributed by atoms with E-state index in [1.54, 1.807) is 54.7 Å². The molecule has 0 saturated carbocycles. The number of primary amides is 1. The van der Waals surface area contributed by atoms with Gasteiger partial charge in [-0.2, -0.15) is 0 Å². The van der Waals surface area contributed by atoms with E-state index < -0.39 is 18.1 Å². The number of pyridine rings is 1. The summed E-state index contributed by atoms with van der Waals surface area (Å²) in [5.41, 5.74) is 6.22. The van der Waals surface area contributed by atoms with Crippen LogP contribution in [0.2, 0.25) is 4.34 Å². The first kappa shape index (κ1) is 22.6. The van der Waals surface area contributed by atoms with Crippen molar-refractivity contribution in [2.75, 3.05) is 13.1 Å². The zero-order chi connectivity index (χ0) is 23.5. The van der Waals surface area contributed by atoms with E-state index in [4.69, 9.17) is 17.3 Å². The van der Waals surface area contributed by atoms with Gasteiger partial charge >= 0.3 is 6.03 Å². The van der Waals surface area contributed by atoms with Crippen molar-refractivity contribution >= 4 is 40.8 Å². The number of hydrogen-bond donors (Lipinski definition) is 3. The molecule has 0 spiro atoms. The highest BCUT2D eigenvalue weighted by Crippen LogP contribution is 2.22. The fraction of sp³-hybridized carbons (Fsp3) is 0.182. The molecule has 2 aromatic heterocycles. The number of rotatable bonds is 5. The van der Waals surface area contributed by atoms with Crippen LogP contribution in [0.25, 0.3) is 5.69 Å². The van der Waals surface area contributed by atoms with Gasteiger partial charge in [0, 0.05) is 36.6 Å². The van der Waals surface area contributed by atoms with Crippen LogP contribution in [0.15, 0.2) is 65.6 Å². The fourth-order valence-corrected chi connectivity index (χ4v) is 4.56. The Labute approximate surface area is 197 Å². The van der Waals surface area contributed by atoms with Crippen LogP contribution >= 0.6 is 22.9 Å². The van der Waals surface area contributed by atoms with Gasteiger partial charge in [-0.3, -0.25) is 19.0 Å². The van der Waals surface area contributed by atoms with Crippen molar-refractivity contribution in [2.24, 2.45) is 5.73 Å². The van der Waals surface area contributed by atoms with Gasteiger partial charge in [0.1, 0.15) is 0 Å². The Morgan fingerprint density at radius 1 is 0.939 bits per heavy atom. The zero-order valence-corrected chi connectivity index (χ0v) is 18.8. The van der Waals surface area contributed by atoms with Gasteiger partial charge in [-0.05, 0) is 42.5 Å². The molecule has 0 bridgehead atoms. The lowest BCUT2D eigenvalue weighted by Crippen LogP contribution is -2.50. The van der Waals surface area contributed by atoms with Crippen molar-refractivity contribution in [1.29, 1.82) is 0 Å². The number of aromatic nitrogens is 1. The molecule has 1 fully saturated rings. The second kappa shape index (κ2) is 9.47. The van der Waals surface area contributed by atoms with Gasteiger partial charge in [0.2, 0.25) is 0 Å². The van der Waals surface area contributed by atoms with E-state index in [2.05, 4.69) is 10.6 Å². The van der Waals surface area contributed by atoms with Gasteiger partial charge in [0.15, 0.2) is 0 Å². The first-order valence-corrected chi connectivity index (χ1v) is 11.2. The summed E-state index contributed by atoms with van der Waals surface area (Å²) in [6, 6.07) is 12.9. The number of likely N-dealkylation sites (tertiary alicyclic amines) is 1. The first-order chi connectivity index (χ1) is 15.8. The predicted molar refractivity (Wildman–Crippen MR) is 125 cm³/mol. The number of thiophene rings is 1. The lowest BCUT2D eigenvalue weighted by atomic mass is 10.1. The molecule has 33 heavy (non-hydrogen) atoms. The topological polar surface area (TPSA) is 127 Å². The summed E-state index contributed by atoms with van der Waals surface area (Å²) >= 11 is 7.04. The molecule has 0 radical (unpaired) electrons. The number of carbonyl (C=O) groups excluding carboxylic acids is 3. The normalized spacial score (nSPS) is 17.5. The van der Waals surface area contributed by atoms with Gasteiger partial charge in [-0.15, -0.1) is 11.3 Å².